The molecule has 3 rings (SSSR count). The molecule has 1 aliphatic rings. The van der Waals surface area contributed by atoms with Crippen molar-refractivity contribution in [1.29, 1.82) is 0 Å². The molecule has 2 aromatic rings. The van der Waals surface area contributed by atoms with Crippen LogP contribution in [-0.2, 0) is 10.3 Å². The predicted molar refractivity (Wildman–Crippen MR) is 113 cm³/mol. The van der Waals surface area contributed by atoms with Crippen LogP contribution >= 0.6 is 0 Å². The van der Waals surface area contributed by atoms with Crippen LogP contribution in [0.15, 0.2) is 54.6 Å². The van der Waals surface area contributed by atoms with Crippen LogP contribution in [-0.4, -0.2) is 49.5 Å². The van der Waals surface area contributed by atoms with Gasteiger partial charge in [0, 0.05) is 25.6 Å². The monoisotopic (exact) mass is 383 g/mol. The van der Waals surface area contributed by atoms with Gasteiger partial charge in [0.05, 0.1) is 25.4 Å². The molecule has 0 radical (unpaired) electrons. The highest BCUT2D eigenvalue weighted by Crippen LogP contribution is 2.43. The summed E-state index contributed by atoms with van der Waals surface area (Å²) in [4.78, 5) is 2.41. The van der Waals surface area contributed by atoms with E-state index in [0.29, 0.717) is 6.61 Å². The zero-order chi connectivity index (χ0) is 20.0. The van der Waals surface area contributed by atoms with Gasteiger partial charge in [0.2, 0.25) is 0 Å². The lowest BCUT2D eigenvalue weighted by molar-refractivity contribution is -0.0547. The summed E-state index contributed by atoms with van der Waals surface area (Å²) in [7, 11) is 0. The molecule has 4 nitrogen and oxygen atoms in total. The van der Waals surface area contributed by atoms with Crippen LogP contribution in [0.4, 0.5) is 0 Å². The normalized spacial score (nSPS) is 18.6. The Morgan fingerprint density at radius 2 is 1.68 bits per heavy atom. The second-order valence-electron chi connectivity index (χ2n) is 7.81. The third kappa shape index (κ3) is 4.57. The van der Waals surface area contributed by atoms with Crippen molar-refractivity contribution in [2.75, 3.05) is 39.5 Å². The highest BCUT2D eigenvalue weighted by atomic mass is 16.5. The van der Waals surface area contributed by atoms with Gasteiger partial charge < -0.3 is 14.6 Å². The minimum absolute atomic E-state index is 0.0373. The SMILES string of the molecule is CCOc1ccc(C(O)(C(C)C)C(CN2CCOCC2)c2ccccc2)cc1. The summed E-state index contributed by atoms with van der Waals surface area (Å²) in [6.07, 6.45) is 0. The van der Waals surface area contributed by atoms with Crippen molar-refractivity contribution in [2.45, 2.75) is 32.3 Å². The summed E-state index contributed by atoms with van der Waals surface area (Å²) in [5.74, 6) is 0.850. The third-order valence-corrected chi connectivity index (χ3v) is 5.79. The molecule has 28 heavy (non-hydrogen) atoms. The molecule has 0 bridgehead atoms. The van der Waals surface area contributed by atoms with Crippen molar-refractivity contribution < 1.29 is 14.6 Å². The fourth-order valence-electron chi connectivity index (χ4n) is 4.15. The number of rotatable bonds is 8. The van der Waals surface area contributed by atoms with Gasteiger partial charge >= 0.3 is 0 Å². The van der Waals surface area contributed by atoms with Crippen LogP contribution < -0.4 is 4.74 Å². The van der Waals surface area contributed by atoms with Gasteiger partial charge in [-0.25, -0.2) is 0 Å². The lowest BCUT2D eigenvalue weighted by Gasteiger charge is -2.43. The molecule has 1 N–H and O–H groups in total. The lowest BCUT2D eigenvalue weighted by Crippen LogP contribution is -2.47. The van der Waals surface area contributed by atoms with Gasteiger partial charge in [-0.2, -0.15) is 0 Å². The maximum Gasteiger partial charge on any atom is 0.119 e. The first kappa shape index (κ1) is 20.8. The molecular formula is C24H33NO3. The van der Waals surface area contributed by atoms with Gasteiger partial charge in [-0.3, -0.25) is 4.90 Å². The van der Waals surface area contributed by atoms with Crippen LogP contribution in [0.2, 0.25) is 0 Å². The summed E-state index contributed by atoms with van der Waals surface area (Å²) >= 11 is 0. The molecule has 2 unspecified atom stereocenters. The van der Waals surface area contributed by atoms with E-state index >= 15 is 0 Å². The molecular weight excluding hydrogens is 350 g/mol. The number of nitrogens with zero attached hydrogens (tertiary/aromatic N) is 1. The molecule has 4 heteroatoms. The molecule has 152 valence electrons. The number of benzene rings is 2. The summed E-state index contributed by atoms with van der Waals surface area (Å²) in [6.45, 7) is 10.9. The van der Waals surface area contributed by atoms with Crippen molar-refractivity contribution in [3.05, 3.63) is 65.7 Å². The highest BCUT2D eigenvalue weighted by Gasteiger charge is 2.43. The fourth-order valence-corrected chi connectivity index (χ4v) is 4.15. The van der Waals surface area contributed by atoms with E-state index in [4.69, 9.17) is 9.47 Å². The molecule has 0 aliphatic carbocycles. The predicted octanol–water partition coefficient (Wildman–Crippen LogP) is 4.04. The van der Waals surface area contributed by atoms with Crippen LogP contribution in [0, 0.1) is 5.92 Å². The van der Waals surface area contributed by atoms with E-state index in [1.165, 1.54) is 5.56 Å². The number of hydrogen-bond donors (Lipinski definition) is 1. The van der Waals surface area contributed by atoms with Gasteiger partial charge in [0.25, 0.3) is 0 Å². The van der Waals surface area contributed by atoms with Crippen LogP contribution in [0.5, 0.6) is 5.75 Å². The van der Waals surface area contributed by atoms with Crippen molar-refractivity contribution in [1.82, 2.24) is 4.90 Å². The smallest absolute Gasteiger partial charge is 0.119 e. The summed E-state index contributed by atoms with van der Waals surface area (Å²) in [6, 6.07) is 18.4. The minimum Gasteiger partial charge on any atom is -0.494 e. The van der Waals surface area contributed by atoms with E-state index < -0.39 is 5.60 Å². The topological polar surface area (TPSA) is 41.9 Å². The van der Waals surface area contributed by atoms with E-state index in [1.54, 1.807) is 0 Å². The summed E-state index contributed by atoms with van der Waals surface area (Å²) < 4.78 is 11.1. The van der Waals surface area contributed by atoms with Gasteiger partial charge in [-0.05, 0) is 36.1 Å². The molecule has 0 aromatic heterocycles. The molecule has 1 heterocycles. The van der Waals surface area contributed by atoms with Gasteiger partial charge in [-0.1, -0.05) is 56.3 Å². The highest BCUT2D eigenvalue weighted by molar-refractivity contribution is 5.36. The largest absolute Gasteiger partial charge is 0.494 e. The Balaban J connectivity index is 1.99. The zero-order valence-electron chi connectivity index (χ0n) is 17.3. The van der Waals surface area contributed by atoms with Crippen LogP contribution in [0.1, 0.15) is 37.8 Å². The minimum atomic E-state index is -0.982. The number of hydrogen-bond acceptors (Lipinski definition) is 4. The molecule has 1 fully saturated rings. The molecule has 1 saturated heterocycles. The molecule has 0 saturated carbocycles. The molecule has 1 aliphatic heterocycles. The zero-order valence-corrected chi connectivity index (χ0v) is 17.3. The maximum absolute atomic E-state index is 12.1. The van der Waals surface area contributed by atoms with Gasteiger partial charge in [0.15, 0.2) is 0 Å². The molecule has 0 amide bonds. The fraction of sp³-hybridized carbons (Fsp3) is 0.500. The lowest BCUT2D eigenvalue weighted by atomic mass is 9.70. The Morgan fingerprint density at radius 1 is 1.04 bits per heavy atom. The second-order valence-corrected chi connectivity index (χ2v) is 7.81. The van der Waals surface area contributed by atoms with Crippen LogP contribution in [0.3, 0.4) is 0 Å². The Bertz CT molecular complexity index is 710. The van der Waals surface area contributed by atoms with Gasteiger partial charge in [-0.15, -0.1) is 0 Å². The van der Waals surface area contributed by atoms with Crippen LogP contribution in [0.25, 0.3) is 0 Å². The average Bonchev–Trinajstić information content (AvgIpc) is 2.73. The number of ether oxygens (including phenoxy) is 2. The van der Waals surface area contributed by atoms with E-state index in [0.717, 1.165) is 44.2 Å². The van der Waals surface area contributed by atoms with E-state index in [2.05, 4.69) is 43.0 Å². The average molecular weight is 384 g/mol. The molecule has 0 spiro atoms. The summed E-state index contributed by atoms with van der Waals surface area (Å²) in [5.41, 5.74) is 1.12. The second kappa shape index (κ2) is 9.55. The van der Waals surface area contributed by atoms with E-state index in [-0.39, 0.29) is 11.8 Å². The Labute approximate surface area is 169 Å². The number of morpholine rings is 1. The Kier molecular flexibility index (Phi) is 7.11. The van der Waals surface area contributed by atoms with Crippen molar-refractivity contribution in [3.8, 4) is 5.75 Å². The standard InChI is InChI=1S/C24H33NO3/c1-4-28-22-12-10-21(11-13-22)24(26,19(2)3)23(20-8-6-5-7-9-20)18-25-14-16-27-17-15-25/h5-13,19,23,26H,4,14-18H2,1-3H3. The maximum atomic E-state index is 12.1. The first-order valence-electron chi connectivity index (χ1n) is 10.4. The first-order valence-corrected chi connectivity index (χ1v) is 10.4. The molecule has 2 aromatic carbocycles. The van der Waals surface area contributed by atoms with Crippen molar-refractivity contribution >= 4 is 0 Å². The number of aliphatic hydroxyl groups is 1. The Hall–Kier alpha value is -1.88. The van der Waals surface area contributed by atoms with E-state index in [1.807, 2.05) is 37.3 Å². The third-order valence-electron chi connectivity index (χ3n) is 5.79. The Morgan fingerprint density at radius 3 is 2.25 bits per heavy atom. The molecule has 2 atom stereocenters. The first-order chi connectivity index (χ1) is 13.6. The van der Waals surface area contributed by atoms with Gasteiger partial charge in [0.1, 0.15) is 5.75 Å². The summed E-state index contributed by atoms with van der Waals surface area (Å²) in [5, 5.41) is 12.1. The van der Waals surface area contributed by atoms with Crippen molar-refractivity contribution in [2.24, 2.45) is 5.92 Å². The van der Waals surface area contributed by atoms with E-state index in [9.17, 15) is 5.11 Å². The van der Waals surface area contributed by atoms with Crippen molar-refractivity contribution in [3.63, 3.8) is 0 Å². The quantitative estimate of drug-likeness (QED) is 0.747.